The molecule has 2 aromatic heterocycles. The van der Waals surface area contributed by atoms with Gasteiger partial charge in [0.25, 0.3) is 0 Å². The molecule has 0 saturated carbocycles. The van der Waals surface area contributed by atoms with Crippen LogP contribution >= 0.6 is 0 Å². The van der Waals surface area contributed by atoms with E-state index in [2.05, 4.69) is 58.1 Å². The third-order valence-electron chi connectivity index (χ3n) is 5.87. The monoisotopic (exact) mass is 436 g/mol. The SMILES string of the molecule is CN(c1ncc(-c2ccc(-c3cc(F)ccn3)cc2O)nn1)C1CC(C)(C)NC(C)(C)C1. The topological polar surface area (TPSA) is 87.1 Å². The van der Waals surface area contributed by atoms with Gasteiger partial charge in [0.1, 0.15) is 17.3 Å². The number of aromatic hydroxyl groups is 1. The number of halogens is 1. The standard InChI is InChI=1S/C24H29FN6O/c1-23(2)12-17(13-24(3,4)30-23)31(5)22-27-14-20(28-29-22)18-7-6-15(10-21(18)32)19-11-16(25)8-9-26-19/h6-11,14,17,30,32H,12-13H2,1-5H3. The largest absolute Gasteiger partial charge is 0.507 e. The van der Waals surface area contributed by atoms with Crippen molar-refractivity contribution in [2.45, 2.75) is 57.7 Å². The summed E-state index contributed by atoms with van der Waals surface area (Å²) in [4.78, 5) is 10.7. The lowest BCUT2D eigenvalue weighted by atomic mass is 9.79. The van der Waals surface area contributed by atoms with Crippen molar-refractivity contribution in [1.29, 1.82) is 0 Å². The second kappa shape index (κ2) is 8.09. The van der Waals surface area contributed by atoms with Crippen LogP contribution in [0.25, 0.3) is 22.5 Å². The highest BCUT2D eigenvalue weighted by molar-refractivity contribution is 5.72. The van der Waals surface area contributed by atoms with Crippen LogP contribution in [0.4, 0.5) is 10.3 Å². The van der Waals surface area contributed by atoms with Gasteiger partial charge in [-0.3, -0.25) is 4.98 Å². The van der Waals surface area contributed by atoms with Crippen LogP contribution < -0.4 is 10.2 Å². The van der Waals surface area contributed by atoms with E-state index in [9.17, 15) is 9.50 Å². The van der Waals surface area contributed by atoms with E-state index in [4.69, 9.17) is 0 Å². The zero-order valence-corrected chi connectivity index (χ0v) is 19.1. The summed E-state index contributed by atoms with van der Waals surface area (Å²) in [5, 5.41) is 22.9. The van der Waals surface area contributed by atoms with E-state index >= 15 is 0 Å². The molecule has 1 fully saturated rings. The van der Waals surface area contributed by atoms with Crippen LogP contribution in [0.5, 0.6) is 5.75 Å². The highest BCUT2D eigenvalue weighted by Crippen LogP contribution is 2.34. The molecule has 8 heteroatoms. The summed E-state index contributed by atoms with van der Waals surface area (Å²) in [5.74, 6) is 0.175. The Labute approximate surface area is 187 Å². The first-order valence-corrected chi connectivity index (χ1v) is 10.7. The average Bonchev–Trinajstić information content (AvgIpc) is 2.71. The summed E-state index contributed by atoms with van der Waals surface area (Å²) in [7, 11) is 2.00. The highest BCUT2D eigenvalue weighted by atomic mass is 19.1. The molecule has 1 aromatic carbocycles. The molecule has 1 aliphatic heterocycles. The molecule has 3 aromatic rings. The Hall–Kier alpha value is -3.13. The summed E-state index contributed by atoms with van der Waals surface area (Å²) in [5.41, 5.74) is 2.05. The molecule has 1 aliphatic rings. The number of hydrogen-bond acceptors (Lipinski definition) is 7. The van der Waals surface area contributed by atoms with Crippen molar-refractivity contribution in [2.24, 2.45) is 0 Å². The van der Waals surface area contributed by atoms with Crippen LogP contribution in [-0.4, -0.2) is 49.4 Å². The lowest BCUT2D eigenvalue weighted by molar-refractivity contribution is 0.160. The van der Waals surface area contributed by atoms with E-state index in [-0.39, 0.29) is 28.7 Å². The number of nitrogens with one attached hydrogen (secondary N) is 1. The van der Waals surface area contributed by atoms with Crippen LogP contribution in [0.2, 0.25) is 0 Å². The van der Waals surface area contributed by atoms with E-state index < -0.39 is 0 Å². The first-order valence-electron chi connectivity index (χ1n) is 10.7. The average molecular weight is 437 g/mol. The van der Waals surface area contributed by atoms with Gasteiger partial charge in [0.15, 0.2) is 0 Å². The van der Waals surface area contributed by atoms with Crippen molar-refractivity contribution in [2.75, 3.05) is 11.9 Å². The van der Waals surface area contributed by atoms with Gasteiger partial charge in [-0.25, -0.2) is 9.37 Å². The summed E-state index contributed by atoms with van der Waals surface area (Å²) in [6, 6.07) is 7.90. The van der Waals surface area contributed by atoms with Gasteiger partial charge < -0.3 is 15.3 Å². The number of nitrogens with zero attached hydrogens (tertiary/aromatic N) is 5. The number of pyridine rings is 1. The molecule has 7 nitrogen and oxygen atoms in total. The number of phenolic OH excluding ortho intramolecular Hbond substituents is 1. The zero-order valence-electron chi connectivity index (χ0n) is 19.1. The quantitative estimate of drug-likeness (QED) is 0.634. The van der Waals surface area contributed by atoms with E-state index in [1.807, 2.05) is 7.05 Å². The van der Waals surface area contributed by atoms with Gasteiger partial charge >= 0.3 is 0 Å². The van der Waals surface area contributed by atoms with Crippen molar-refractivity contribution in [3.05, 3.63) is 48.5 Å². The molecule has 2 N–H and O–H groups in total. The van der Waals surface area contributed by atoms with Crippen LogP contribution in [0.1, 0.15) is 40.5 Å². The summed E-state index contributed by atoms with van der Waals surface area (Å²) in [6.07, 6.45) is 4.94. The molecular weight excluding hydrogens is 407 g/mol. The van der Waals surface area contributed by atoms with Gasteiger partial charge in [0.2, 0.25) is 5.95 Å². The zero-order chi connectivity index (χ0) is 23.1. The van der Waals surface area contributed by atoms with Gasteiger partial charge in [0, 0.05) is 47.6 Å². The van der Waals surface area contributed by atoms with Gasteiger partial charge in [-0.05, 0) is 58.7 Å². The molecule has 4 rings (SSSR count). The third kappa shape index (κ3) is 4.70. The van der Waals surface area contributed by atoms with E-state index in [1.165, 1.54) is 24.4 Å². The lowest BCUT2D eigenvalue weighted by Gasteiger charge is -2.48. The third-order valence-corrected chi connectivity index (χ3v) is 5.87. The fourth-order valence-electron chi connectivity index (χ4n) is 4.73. The van der Waals surface area contributed by atoms with Crippen LogP contribution in [0, 0.1) is 5.82 Å². The van der Waals surface area contributed by atoms with Gasteiger partial charge in [-0.1, -0.05) is 6.07 Å². The maximum Gasteiger partial charge on any atom is 0.245 e. The van der Waals surface area contributed by atoms with Crippen molar-refractivity contribution >= 4 is 5.95 Å². The molecule has 0 bridgehead atoms. The van der Waals surface area contributed by atoms with Crippen LogP contribution in [0.3, 0.4) is 0 Å². The highest BCUT2D eigenvalue weighted by Gasteiger charge is 2.39. The molecule has 0 aliphatic carbocycles. The van der Waals surface area contributed by atoms with E-state index in [0.717, 1.165) is 12.8 Å². The molecule has 32 heavy (non-hydrogen) atoms. The Morgan fingerprint density at radius 2 is 1.72 bits per heavy atom. The van der Waals surface area contributed by atoms with Gasteiger partial charge in [-0.15, -0.1) is 10.2 Å². The molecule has 1 saturated heterocycles. The minimum absolute atomic E-state index is 0.00706. The minimum Gasteiger partial charge on any atom is -0.507 e. The Morgan fingerprint density at radius 1 is 1.00 bits per heavy atom. The van der Waals surface area contributed by atoms with E-state index in [0.29, 0.717) is 28.5 Å². The second-order valence-electron chi connectivity index (χ2n) is 9.80. The second-order valence-corrected chi connectivity index (χ2v) is 9.80. The Kier molecular flexibility index (Phi) is 5.58. The normalized spacial score (nSPS) is 17.8. The first kappa shape index (κ1) is 22.1. The van der Waals surface area contributed by atoms with Gasteiger partial charge in [0.05, 0.1) is 11.9 Å². The lowest BCUT2D eigenvalue weighted by Crippen LogP contribution is -2.62. The van der Waals surface area contributed by atoms with Crippen molar-refractivity contribution in [3.8, 4) is 28.3 Å². The maximum absolute atomic E-state index is 13.5. The number of hydrogen-bond donors (Lipinski definition) is 2. The molecule has 0 radical (unpaired) electrons. The minimum atomic E-state index is -0.381. The number of benzene rings is 1. The number of aromatic nitrogens is 4. The molecule has 0 spiro atoms. The van der Waals surface area contributed by atoms with Gasteiger partial charge in [-0.2, -0.15) is 0 Å². The van der Waals surface area contributed by atoms with Crippen molar-refractivity contribution < 1.29 is 9.50 Å². The van der Waals surface area contributed by atoms with E-state index in [1.54, 1.807) is 18.3 Å². The number of anilines is 1. The number of phenols is 1. The summed E-state index contributed by atoms with van der Waals surface area (Å²) < 4.78 is 13.5. The number of piperidine rings is 1. The fraction of sp³-hybridized carbons (Fsp3) is 0.417. The summed E-state index contributed by atoms with van der Waals surface area (Å²) in [6.45, 7) is 8.84. The summed E-state index contributed by atoms with van der Waals surface area (Å²) >= 11 is 0. The fourth-order valence-corrected chi connectivity index (χ4v) is 4.73. The predicted octanol–water partition coefficient (Wildman–Crippen LogP) is 4.19. The van der Waals surface area contributed by atoms with Crippen molar-refractivity contribution in [3.63, 3.8) is 0 Å². The Bertz CT molecular complexity index is 1100. The smallest absolute Gasteiger partial charge is 0.245 e. The molecule has 0 unspecified atom stereocenters. The number of rotatable bonds is 4. The molecule has 168 valence electrons. The molecular formula is C24H29FN6O. The van der Waals surface area contributed by atoms with Crippen LogP contribution in [-0.2, 0) is 0 Å². The Morgan fingerprint density at radius 3 is 2.31 bits per heavy atom. The Balaban J connectivity index is 1.55. The predicted molar refractivity (Wildman–Crippen MR) is 123 cm³/mol. The maximum atomic E-state index is 13.5. The molecule has 0 amide bonds. The van der Waals surface area contributed by atoms with Crippen molar-refractivity contribution in [1.82, 2.24) is 25.5 Å². The molecule has 0 atom stereocenters. The molecule has 3 heterocycles. The first-order chi connectivity index (χ1) is 15.0. The van der Waals surface area contributed by atoms with Crippen LogP contribution in [0.15, 0.2) is 42.7 Å².